The smallest absolute Gasteiger partial charge is 0.330 e. The van der Waals surface area contributed by atoms with E-state index in [1.54, 1.807) is 37.5 Å². The van der Waals surface area contributed by atoms with Gasteiger partial charge in [-0.25, -0.2) is 4.79 Å². The maximum atomic E-state index is 11.7. The van der Waals surface area contributed by atoms with Gasteiger partial charge in [0.05, 0.1) is 18.3 Å². The van der Waals surface area contributed by atoms with E-state index in [9.17, 15) is 15.0 Å². The Labute approximate surface area is 153 Å². The molecule has 7 heteroatoms. The van der Waals surface area contributed by atoms with Crippen molar-refractivity contribution in [2.75, 3.05) is 0 Å². The molecular weight excluding hydrogens is 338 g/mol. The van der Waals surface area contributed by atoms with Gasteiger partial charge in [-0.1, -0.05) is 6.08 Å². The highest BCUT2D eigenvalue weighted by atomic mass is 16.7. The average Bonchev–Trinajstić information content (AvgIpc) is 2.62. The number of hydrogen-bond acceptors (Lipinski definition) is 7. The zero-order valence-electron chi connectivity index (χ0n) is 15.2. The zero-order valence-corrected chi connectivity index (χ0v) is 15.2. The SMILES string of the molecule is C[C@H](CC/C=C/C(=O)OCc1ccncc1)O[C@@H]1O[C@@H](C)[C@H](O)C[C@H]1O. The van der Waals surface area contributed by atoms with E-state index in [2.05, 4.69) is 4.98 Å². The highest BCUT2D eigenvalue weighted by Gasteiger charge is 2.35. The van der Waals surface area contributed by atoms with Gasteiger partial charge in [-0.05, 0) is 44.4 Å². The number of pyridine rings is 1. The molecule has 0 amide bonds. The highest BCUT2D eigenvalue weighted by molar-refractivity contribution is 5.81. The van der Waals surface area contributed by atoms with Crippen molar-refractivity contribution in [2.24, 2.45) is 0 Å². The molecule has 1 aromatic heterocycles. The van der Waals surface area contributed by atoms with Crippen LogP contribution in [0.15, 0.2) is 36.7 Å². The molecule has 0 aromatic carbocycles. The zero-order chi connectivity index (χ0) is 18.9. The van der Waals surface area contributed by atoms with Gasteiger partial charge >= 0.3 is 5.97 Å². The Hall–Kier alpha value is -1.80. The summed E-state index contributed by atoms with van der Waals surface area (Å²) in [7, 11) is 0. The first-order valence-electron chi connectivity index (χ1n) is 8.85. The van der Waals surface area contributed by atoms with Crippen LogP contribution in [0.2, 0.25) is 0 Å². The molecule has 5 atom stereocenters. The number of aromatic nitrogens is 1. The van der Waals surface area contributed by atoms with Crippen LogP contribution < -0.4 is 0 Å². The molecule has 7 nitrogen and oxygen atoms in total. The standard InChI is InChI=1S/C19H27NO6/c1-13(25-19-17(22)11-16(21)14(2)26-19)5-3-4-6-18(23)24-12-15-7-9-20-10-8-15/h4,6-10,13-14,16-17,19,21-22H,3,5,11-12H2,1-2H3/b6-4+/t13-,14+,16-,17-,19-/m1/s1. The normalized spacial score (nSPS) is 27.4. The number of aliphatic hydroxyl groups excluding tert-OH is 2. The van der Waals surface area contributed by atoms with E-state index in [1.807, 2.05) is 6.92 Å². The molecule has 0 unspecified atom stereocenters. The first-order valence-corrected chi connectivity index (χ1v) is 8.85. The lowest BCUT2D eigenvalue weighted by Gasteiger charge is -2.36. The molecule has 1 fully saturated rings. The molecule has 1 aliphatic heterocycles. The summed E-state index contributed by atoms with van der Waals surface area (Å²) in [6.45, 7) is 3.84. The topological polar surface area (TPSA) is 98.1 Å². The third-order valence-electron chi connectivity index (χ3n) is 4.18. The summed E-state index contributed by atoms with van der Waals surface area (Å²) in [5, 5.41) is 19.6. The van der Waals surface area contributed by atoms with Crippen LogP contribution in [0.25, 0.3) is 0 Å². The molecule has 1 aliphatic rings. The molecule has 1 saturated heterocycles. The van der Waals surface area contributed by atoms with Gasteiger partial charge < -0.3 is 24.4 Å². The summed E-state index contributed by atoms with van der Waals surface area (Å²) in [5.41, 5.74) is 0.883. The number of carbonyl (C=O) groups is 1. The third kappa shape index (κ3) is 6.84. The number of rotatable bonds is 8. The second-order valence-electron chi connectivity index (χ2n) is 6.47. The van der Waals surface area contributed by atoms with E-state index >= 15 is 0 Å². The third-order valence-corrected chi connectivity index (χ3v) is 4.18. The fourth-order valence-electron chi connectivity index (χ4n) is 2.55. The maximum Gasteiger partial charge on any atom is 0.330 e. The van der Waals surface area contributed by atoms with Crippen LogP contribution in [0.3, 0.4) is 0 Å². The van der Waals surface area contributed by atoms with Gasteiger partial charge in [-0.3, -0.25) is 4.98 Å². The lowest BCUT2D eigenvalue weighted by atomic mass is 10.0. The van der Waals surface area contributed by atoms with Gasteiger partial charge in [0, 0.05) is 24.9 Å². The van der Waals surface area contributed by atoms with Gasteiger partial charge in [0.1, 0.15) is 12.7 Å². The number of hydrogen-bond donors (Lipinski definition) is 2. The van der Waals surface area contributed by atoms with Gasteiger partial charge in [0.2, 0.25) is 0 Å². The second-order valence-corrected chi connectivity index (χ2v) is 6.47. The van der Waals surface area contributed by atoms with E-state index in [0.717, 1.165) is 5.56 Å². The molecule has 0 bridgehead atoms. The summed E-state index contributed by atoms with van der Waals surface area (Å²) in [5.74, 6) is -0.399. The summed E-state index contributed by atoms with van der Waals surface area (Å²) >= 11 is 0. The van der Waals surface area contributed by atoms with Crippen LogP contribution in [0.1, 0.15) is 38.7 Å². The van der Waals surface area contributed by atoms with Crippen LogP contribution in [0, 0.1) is 0 Å². The van der Waals surface area contributed by atoms with Crippen molar-refractivity contribution in [3.63, 3.8) is 0 Å². The quantitative estimate of drug-likeness (QED) is 0.535. The molecule has 0 aliphatic carbocycles. The fourth-order valence-corrected chi connectivity index (χ4v) is 2.55. The van der Waals surface area contributed by atoms with E-state index in [4.69, 9.17) is 14.2 Å². The Morgan fingerprint density at radius 2 is 2.12 bits per heavy atom. The van der Waals surface area contributed by atoms with Crippen LogP contribution in [-0.4, -0.2) is 51.9 Å². The minimum Gasteiger partial charge on any atom is -0.458 e. The largest absolute Gasteiger partial charge is 0.458 e. The van der Waals surface area contributed by atoms with Crippen molar-refractivity contribution in [1.29, 1.82) is 0 Å². The molecule has 0 saturated carbocycles. The Morgan fingerprint density at radius 1 is 1.38 bits per heavy atom. The van der Waals surface area contributed by atoms with Crippen molar-refractivity contribution in [2.45, 2.75) is 70.4 Å². The first-order chi connectivity index (χ1) is 12.5. The Kier molecular flexibility index (Phi) is 8.18. The summed E-state index contributed by atoms with van der Waals surface area (Å²) in [6.07, 6.45) is 5.18. The van der Waals surface area contributed by atoms with Gasteiger partial charge in [-0.2, -0.15) is 0 Å². The molecule has 0 spiro atoms. The van der Waals surface area contributed by atoms with E-state index in [1.165, 1.54) is 6.08 Å². The van der Waals surface area contributed by atoms with E-state index in [0.29, 0.717) is 12.8 Å². The minimum atomic E-state index is -0.845. The van der Waals surface area contributed by atoms with Crippen LogP contribution in [-0.2, 0) is 25.6 Å². The Morgan fingerprint density at radius 3 is 2.85 bits per heavy atom. The number of esters is 1. The number of nitrogens with zero attached hydrogens (tertiary/aromatic N) is 1. The predicted molar refractivity (Wildman–Crippen MR) is 93.9 cm³/mol. The van der Waals surface area contributed by atoms with Crippen molar-refractivity contribution in [3.05, 3.63) is 42.2 Å². The monoisotopic (exact) mass is 365 g/mol. The lowest BCUT2D eigenvalue weighted by molar-refractivity contribution is -0.273. The van der Waals surface area contributed by atoms with Crippen molar-refractivity contribution >= 4 is 5.97 Å². The van der Waals surface area contributed by atoms with E-state index < -0.39 is 24.5 Å². The number of aliphatic hydroxyl groups is 2. The van der Waals surface area contributed by atoms with Crippen molar-refractivity contribution in [1.82, 2.24) is 4.98 Å². The molecule has 144 valence electrons. The fraction of sp³-hybridized carbons (Fsp3) is 0.579. The van der Waals surface area contributed by atoms with Gasteiger partial charge in [0.25, 0.3) is 0 Å². The average molecular weight is 365 g/mol. The van der Waals surface area contributed by atoms with Crippen molar-refractivity contribution in [3.8, 4) is 0 Å². The molecule has 26 heavy (non-hydrogen) atoms. The first kappa shape index (κ1) is 20.5. The van der Waals surface area contributed by atoms with Crippen LogP contribution in [0.4, 0.5) is 0 Å². The van der Waals surface area contributed by atoms with E-state index in [-0.39, 0.29) is 25.2 Å². The lowest BCUT2D eigenvalue weighted by Crippen LogP contribution is -2.48. The molecule has 2 rings (SSSR count). The molecule has 2 N–H and O–H groups in total. The minimum absolute atomic E-state index is 0.158. The van der Waals surface area contributed by atoms with Crippen molar-refractivity contribution < 1.29 is 29.2 Å². The molecule has 0 radical (unpaired) electrons. The molecular formula is C19H27NO6. The molecule has 2 heterocycles. The van der Waals surface area contributed by atoms with Gasteiger partial charge in [0.15, 0.2) is 6.29 Å². The number of allylic oxidation sites excluding steroid dienone is 1. The predicted octanol–water partition coefficient (Wildman–Crippen LogP) is 1.72. The summed E-state index contributed by atoms with van der Waals surface area (Å²) in [4.78, 5) is 15.6. The Balaban J connectivity index is 1.63. The van der Waals surface area contributed by atoms with Crippen LogP contribution in [0.5, 0.6) is 0 Å². The number of carbonyl (C=O) groups excluding carboxylic acids is 1. The highest BCUT2D eigenvalue weighted by Crippen LogP contribution is 2.22. The van der Waals surface area contributed by atoms with Crippen LogP contribution >= 0.6 is 0 Å². The summed E-state index contributed by atoms with van der Waals surface area (Å²) < 4.78 is 16.3. The van der Waals surface area contributed by atoms with Gasteiger partial charge in [-0.15, -0.1) is 0 Å². The summed E-state index contributed by atoms with van der Waals surface area (Å²) in [6, 6.07) is 3.58. The molecule has 1 aromatic rings. The maximum absolute atomic E-state index is 11.7. The Bertz CT molecular complexity index is 579. The second kappa shape index (κ2) is 10.4. The number of ether oxygens (including phenoxy) is 3.